The van der Waals surface area contributed by atoms with Crippen molar-refractivity contribution < 1.29 is 32.2 Å². The van der Waals surface area contributed by atoms with Crippen LogP contribution in [0.5, 0.6) is 0 Å². The number of nitrogens with one attached hydrogen (secondary N) is 1. The Morgan fingerprint density at radius 1 is 1.08 bits per heavy atom. The molecular weight excluding hydrogens is 483 g/mol. The van der Waals surface area contributed by atoms with Crippen LogP contribution in [0.3, 0.4) is 0 Å². The molecule has 0 unspecified atom stereocenters. The maximum absolute atomic E-state index is 13.2. The third kappa shape index (κ3) is 4.18. The van der Waals surface area contributed by atoms with E-state index in [0.717, 1.165) is 44.1 Å². The molecule has 9 atom stereocenters. The van der Waals surface area contributed by atoms with Crippen LogP contribution in [-0.2, 0) is 24.7 Å². The Labute approximate surface area is 216 Å². The highest BCUT2D eigenvalue weighted by molar-refractivity contribution is 5.81. The highest BCUT2D eigenvalue weighted by Gasteiger charge is 2.77. The molecule has 1 aromatic rings. The van der Waals surface area contributed by atoms with Crippen LogP contribution >= 0.6 is 0 Å². The molecule has 0 aromatic heterocycles. The van der Waals surface area contributed by atoms with Gasteiger partial charge in [-0.15, -0.1) is 0 Å². The third-order valence-electron chi connectivity index (χ3n) is 10.8. The summed E-state index contributed by atoms with van der Waals surface area (Å²) in [5.74, 6) is -1.73. The SMILES string of the molecule is CC(=O)O[C@H]1CC[C@@](C)([C@H]2CC[C@@]3(C)[C@@H](C[C@H]4O[C@]43c3ccccc3)[C@@H]2CNC(=O)C(F)(F)F)[C@@H](C)C1. The monoisotopic (exact) mass is 521 g/mol. The first-order valence-corrected chi connectivity index (χ1v) is 13.6. The summed E-state index contributed by atoms with van der Waals surface area (Å²) in [6, 6.07) is 10.2. The van der Waals surface area contributed by atoms with Gasteiger partial charge < -0.3 is 14.8 Å². The number of fused-ring (bicyclic) bond motifs is 3. The van der Waals surface area contributed by atoms with Crippen LogP contribution in [0.2, 0.25) is 0 Å². The maximum atomic E-state index is 13.2. The van der Waals surface area contributed by atoms with Gasteiger partial charge in [0.25, 0.3) is 0 Å². The smallest absolute Gasteiger partial charge is 0.463 e. The second kappa shape index (κ2) is 8.99. The molecule has 1 amide bonds. The molecular formula is C29H38F3NO4. The van der Waals surface area contributed by atoms with E-state index >= 15 is 0 Å². The van der Waals surface area contributed by atoms with Gasteiger partial charge in [0.2, 0.25) is 0 Å². The van der Waals surface area contributed by atoms with E-state index in [4.69, 9.17) is 9.47 Å². The van der Waals surface area contributed by atoms with Crippen molar-refractivity contribution in [2.45, 2.75) is 90.2 Å². The summed E-state index contributed by atoms with van der Waals surface area (Å²) >= 11 is 0. The van der Waals surface area contributed by atoms with Gasteiger partial charge in [0.15, 0.2) is 0 Å². The predicted octanol–water partition coefficient (Wildman–Crippen LogP) is 5.77. The average Bonchev–Trinajstić information content (AvgIpc) is 3.51. The highest BCUT2D eigenvalue weighted by atomic mass is 19.4. The summed E-state index contributed by atoms with van der Waals surface area (Å²) in [4.78, 5) is 23.4. The number of carbonyl (C=O) groups excluding carboxylic acids is 2. The number of alkyl halides is 3. The van der Waals surface area contributed by atoms with Crippen molar-refractivity contribution in [2.75, 3.05) is 6.54 Å². The number of halogens is 3. The first-order chi connectivity index (χ1) is 17.3. The summed E-state index contributed by atoms with van der Waals surface area (Å²) < 4.78 is 51.4. The number of rotatable bonds is 5. The van der Waals surface area contributed by atoms with Crippen molar-refractivity contribution in [3.8, 4) is 0 Å². The minimum atomic E-state index is -4.90. The fraction of sp³-hybridized carbons (Fsp3) is 0.724. The summed E-state index contributed by atoms with van der Waals surface area (Å²) in [5.41, 5.74) is 0.384. The number of carbonyl (C=O) groups is 2. The third-order valence-corrected chi connectivity index (χ3v) is 10.8. The highest BCUT2D eigenvalue weighted by Crippen LogP contribution is 2.75. The largest absolute Gasteiger partial charge is 0.471 e. The van der Waals surface area contributed by atoms with Crippen molar-refractivity contribution in [1.29, 1.82) is 0 Å². The first-order valence-electron chi connectivity index (χ1n) is 13.6. The molecule has 37 heavy (non-hydrogen) atoms. The predicted molar refractivity (Wildman–Crippen MR) is 131 cm³/mol. The Hall–Kier alpha value is -2.09. The molecule has 8 heteroatoms. The number of epoxide rings is 1. The van der Waals surface area contributed by atoms with Gasteiger partial charge >= 0.3 is 18.1 Å². The van der Waals surface area contributed by atoms with Crippen LogP contribution < -0.4 is 5.32 Å². The molecule has 4 fully saturated rings. The van der Waals surface area contributed by atoms with Crippen molar-refractivity contribution in [2.24, 2.45) is 34.5 Å². The van der Waals surface area contributed by atoms with Gasteiger partial charge in [0, 0.05) is 18.9 Å². The Bertz CT molecular complexity index is 1050. The lowest BCUT2D eigenvalue weighted by Crippen LogP contribution is -2.55. The van der Waals surface area contributed by atoms with Crippen LogP contribution in [0.4, 0.5) is 13.2 Å². The number of hydrogen-bond donors (Lipinski definition) is 1. The second-order valence-corrected chi connectivity index (χ2v) is 12.4. The molecule has 204 valence electrons. The number of ether oxygens (including phenoxy) is 2. The normalized spacial score (nSPS) is 42.9. The minimum Gasteiger partial charge on any atom is -0.463 e. The molecule has 1 saturated heterocycles. The summed E-state index contributed by atoms with van der Waals surface area (Å²) in [6.45, 7) is 8.12. The van der Waals surface area contributed by atoms with Crippen LogP contribution in [0, 0.1) is 34.5 Å². The number of amides is 1. The number of esters is 1. The molecule has 0 radical (unpaired) electrons. The molecule has 1 heterocycles. The molecule has 5 nitrogen and oxygen atoms in total. The minimum absolute atomic E-state index is 0.0105. The van der Waals surface area contributed by atoms with Gasteiger partial charge in [-0.3, -0.25) is 9.59 Å². The molecule has 0 spiro atoms. The molecule has 3 saturated carbocycles. The maximum Gasteiger partial charge on any atom is 0.471 e. The standard InChI is InChI=1S/C29H38F3NO4/c1-17-14-20(36-18(2)34)10-12-26(17,3)22-11-13-27(4)23(21(22)16-33-25(35)29(30,31)32)15-24-28(27,37-24)19-8-6-5-7-9-19/h5-9,17,20-24H,10-16H2,1-4H3,(H,33,35)/t17-,20-,21+,22-,23-,24+,26+,27-,28+/m0/s1. The summed E-state index contributed by atoms with van der Waals surface area (Å²) in [7, 11) is 0. The summed E-state index contributed by atoms with van der Waals surface area (Å²) in [5, 5.41) is 2.27. The van der Waals surface area contributed by atoms with E-state index in [9.17, 15) is 22.8 Å². The number of hydrogen-bond acceptors (Lipinski definition) is 4. The van der Waals surface area contributed by atoms with Crippen LogP contribution in [0.1, 0.15) is 71.8 Å². The van der Waals surface area contributed by atoms with Crippen molar-refractivity contribution in [3.63, 3.8) is 0 Å². The van der Waals surface area contributed by atoms with E-state index in [1.807, 2.05) is 18.2 Å². The van der Waals surface area contributed by atoms with Gasteiger partial charge in [0.05, 0.1) is 6.10 Å². The summed E-state index contributed by atoms with van der Waals surface area (Å²) in [6.07, 6.45) is -0.0605. The number of benzene rings is 1. The van der Waals surface area contributed by atoms with Gasteiger partial charge in [-0.1, -0.05) is 51.1 Å². The lowest BCUT2D eigenvalue weighted by atomic mass is 9.48. The van der Waals surface area contributed by atoms with E-state index in [2.05, 4.69) is 38.2 Å². The van der Waals surface area contributed by atoms with Crippen molar-refractivity contribution in [3.05, 3.63) is 35.9 Å². The van der Waals surface area contributed by atoms with Gasteiger partial charge in [-0.25, -0.2) is 0 Å². The quantitative estimate of drug-likeness (QED) is 0.395. The molecule has 1 aliphatic heterocycles. The van der Waals surface area contributed by atoms with E-state index in [1.165, 1.54) is 6.92 Å². The molecule has 3 aliphatic carbocycles. The lowest BCUT2D eigenvalue weighted by Gasteiger charge is -2.57. The van der Waals surface area contributed by atoms with Crippen LogP contribution in [0.15, 0.2) is 30.3 Å². The zero-order valence-corrected chi connectivity index (χ0v) is 22.1. The van der Waals surface area contributed by atoms with Gasteiger partial charge in [-0.05, 0) is 73.2 Å². The zero-order valence-electron chi connectivity index (χ0n) is 22.1. The lowest BCUT2D eigenvalue weighted by molar-refractivity contribution is -0.175. The molecule has 1 aromatic carbocycles. The Morgan fingerprint density at radius 2 is 1.78 bits per heavy atom. The van der Waals surface area contributed by atoms with Crippen LogP contribution in [-0.4, -0.2) is 36.8 Å². The molecule has 0 bridgehead atoms. The average molecular weight is 522 g/mol. The molecule has 5 rings (SSSR count). The van der Waals surface area contributed by atoms with E-state index < -0.39 is 17.7 Å². The van der Waals surface area contributed by atoms with E-state index in [0.29, 0.717) is 0 Å². The van der Waals surface area contributed by atoms with Crippen LogP contribution in [0.25, 0.3) is 0 Å². The van der Waals surface area contributed by atoms with Crippen molar-refractivity contribution >= 4 is 11.9 Å². The van der Waals surface area contributed by atoms with E-state index in [1.54, 1.807) is 0 Å². The zero-order chi connectivity index (χ0) is 26.8. The fourth-order valence-electron chi connectivity index (χ4n) is 8.72. The van der Waals surface area contributed by atoms with Gasteiger partial charge in [0.1, 0.15) is 11.7 Å². The van der Waals surface area contributed by atoms with Crippen molar-refractivity contribution in [1.82, 2.24) is 5.32 Å². The van der Waals surface area contributed by atoms with E-state index in [-0.39, 0.29) is 59.2 Å². The Morgan fingerprint density at radius 3 is 2.41 bits per heavy atom. The molecule has 1 N–H and O–H groups in total. The molecule has 4 aliphatic rings. The Balaban J connectivity index is 1.45. The second-order valence-electron chi connectivity index (χ2n) is 12.4. The first kappa shape index (κ1) is 26.5. The topological polar surface area (TPSA) is 67.9 Å². The Kier molecular flexibility index (Phi) is 6.44. The van der Waals surface area contributed by atoms with Gasteiger partial charge in [-0.2, -0.15) is 13.2 Å². The fourth-order valence-corrected chi connectivity index (χ4v) is 8.72.